The molecule has 11 heteroatoms. The Kier molecular flexibility index (Phi) is 7.46. The number of hydrogen-bond donors (Lipinski definition) is 2. The number of fused-ring (bicyclic) bond motifs is 1. The molecule has 2 aliphatic heterocycles. The maximum Gasteiger partial charge on any atom is 0.321 e. The fraction of sp³-hybridized carbons (Fsp3) is 0.357. The van der Waals surface area contributed by atoms with E-state index in [4.69, 9.17) is 26.3 Å². The topological polar surface area (TPSA) is 100 Å². The number of nitrogens with one attached hydrogen (secondary N) is 2. The van der Waals surface area contributed by atoms with Crippen molar-refractivity contribution in [3.63, 3.8) is 0 Å². The predicted molar refractivity (Wildman–Crippen MR) is 153 cm³/mol. The Labute approximate surface area is 232 Å². The normalized spacial score (nSPS) is 17.5. The number of benzene rings is 2. The fourth-order valence-electron chi connectivity index (χ4n) is 4.99. The molecule has 2 aliphatic rings. The molecular weight excluding hydrogens is 516 g/mol. The highest BCUT2D eigenvalue weighted by Crippen LogP contribution is 2.25. The summed E-state index contributed by atoms with van der Waals surface area (Å²) in [5.41, 5.74) is 3.37. The van der Waals surface area contributed by atoms with Crippen molar-refractivity contribution in [2.75, 3.05) is 54.9 Å². The molecule has 2 saturated heterocycles. The van der Waals surface area contributed by atoms with Crippen LogP contribution in [0.1, 0.15) is 18.4 Å². The Morgan fingerprint density at radius 1 is 1.05 bits per heavy atom. The second kappa shape index (κ2) is 11.5. The summed E-state index contributed by atoms with van der Waals surface area (Å²) >= 11 is 6.06. The van der Waals surface area contributed by atoms with Crippen LogP contribution in [0, 0.1) is 0 Å². The SMILES string of the molecule is O=C(Nc1cccc(Cl)c1)N1CCN(c2nc(NCC3CCCO3)c3ncn(Cc4ccccc4)c3n2)CC1. The zero-order chi connectivity index (χ0) is 26.6. The van der Waals surface area contributed by atoms with E-state index in [9.17, 15) is 4.79 Å². The smallest absolute Gasteiger partial charge is 0.321 e. The van der Waals surface area contributed by atoms with Gasteiger partial charge in [0.25, 0.3) is 0 Å². The van der Waals surface area contributed by atoms with Gasteiger partial charge in [-0.2, -0.15) is 9.97 Å². The van der Waals surface area contributed by atoms with Crippen molar-refractivity contribution in [3.8, 4) is 0 Å². The number of urea groups is 1. The van der Waals surface area contributed by atoms with E-state index in [0.29, 0.717) is 61.7 Å². The quantitative estimate of drug-likeness (QED) is 0.352. The number of rotatable bonds is 7. The molecule has 10 nitrogen and oxygen atoms in total. The molecule has 2 aromatic carbocycles. The molecule has 202 valence electrons. The van der Waals surface area contributed by atoms with Crippen LogP contribution in [0.3, 0.4) is 0 Å². The van der Waals surface area contributed by atoms with Gasteiger partial charge in [0.05, 0.1) is 19.0 Å². The number of carbonyl (C=O) groups excluding carboxylic acids is 1. The Balaban J connectivity index is 1.20. The lowest BCUT2D eigenvalue weighted by Gasteiger charge is -2.34. The van der Waals surface area contributed by atoms with Crippen molar-refractivity contribution in [3.05, 3.63) is 71.5 Å². The Morgan fingerprint density at radius 2 is 1.90 bits per heavy atom. The van der Waals surface area contributed by atoms with Crippen molar-refractivity contribution in [2.24, 2.45) is 0 Å². The second-order valence-electron chi connectivity index (χ2n) is 9.83. The molecule has 0 saturated carbocycles. The summed E-state index contributed by atoms with van der Waals surface area (Å²) in [6.07, 6.45) is 4.12. The molecule has 0 radical (unpaired) electrons. The number of amides is 2. The van der Waals surface area contributed by atoms with Crippen LogP contribution in [-0.2, 0) is 11.3 Å². The average Bonchev–Trinajstić information content (AvgIpc) is 3.63. The number of carbonyl (C=O) groups is 1. The molecule has 2 amide bonds. The van der Waals surface area contributed by atoms with E-state index < -0.39 is 0 Å². The zero-order valence-corrected chi connectivity index (χ0v) is 22.3. The molecule has 0 bridgehead atoms. The summed E-state index contributed by atoms with van der Waals surface area (Å²) in [6.45, 7) is 4.48. The molecule has 0 aliphatic carbocycles. The highest BCUT2D eigenvalue weighted by Gasteiger charge is 2.25. The van der Waals surface area contributed by atoms with Gasteiger partial charge in [-0.25, -0.2) is 9.78 Å². The average molecular weight is 547 g/mol. The molecule has 4 heterocycles. The minimum atomic E-state index is -0.145. The van der Waals surface area contributed by atoms with E-state index in [0.717, 1.165) is 30.6 Å². The van der Waals surface area contributed by atoms with Gasteiger partial charge in [0.15, 0.2) is 17.0 Å². The fourth-order valence-corrected chi connectivity index (χ4v) is 5.18. The van der Waals surface area contributed by atoms with Gasteiger partial charge in [-0.3, -0.25) is 0 Å². The summed E-state index contributed by atoms with van der Waals surface area (Å²) in [4.78, 5) is 31.3. The van der Waals surface area contributed by atoms with Crippen LogP contribution in [0.4, 0.5) is 22.2 Å². The largest absolute Gasteiger partial charge is 0.376 e. The summed E-state index contributed by atoms with van der Waals surface area (Å²) in [7, 11) is 0. The van der Waals surface area contributed by atoms with E-state index in [1.54, 1.807) is 17.0 Å². The third kappa shape index (κ3) is 5.91. The van der Waals surface area contributed by atoms with Crippen molar-refractivity contribution in [1.82, 2.24) is 24.4 Å². The zero-order valence-electron chi connectivity index (χ0n) is 21.6. The van der Waals surface area contributed by atoms with Crippen molar-refractivity contribution >= 4 is 46.2 Å². The van der Waals surface area contributed by atoms with Gasteiger partial charge in [-0.05, 0) is 36.6 Å². The minimum absolute atomic E-state index is 0.145. The van der Waals surface area contributed by atoms with Crippen LogP contribution in [-0.4, -0.2) is 75.9 Å². The van der Waals surface area contributed by atoms with Crippen LogP contribution in [0.25, 0.3) is 11.2 Å². The first kappa shape index (κ1) is 25.4. The molecular formula is C28H31ClN8O2. The maximum absolute atomic E-state index is 12.8. The van der Waals surface area contributed by atoms with Gasteiger partial charge < -0.3 is 29.7 Å². The third-order valence-corrected chi connectivity index (χ3v) is 7.33. The molecule has 6 rings (SSSR count). The molecule has 2 fully saturated rings. The van der Waals surface area contributed by atoms with Gasteiger partial charge >= 0.3 is 6.03 Å². The Bertz CT molecular complexity index is 1430. The third-order valence-electron chi connectivity index (χ3n) is 7.09. The van der Waals surface area contributed by atoms with E-state index in [1.807, 2.05) is 36.7 Å². The summed E-state index contributed by atoms with van der Waals surface area (Å²) in [5.74, 6) is 1.33. The molecule has 2 aromatic heterocycles. The lowest BCUT2D eigenvalue weighted by Crippen LogP contribution is -2.50. The molecule has 1 unspecified atom stereocenters. The van der Waals surface area contributed by atoms with Crippen molar-refractivity contribution in [2.45, 2.75) is 25.5 Å². The van der Waals surface area contributed by atoms with Gasteiger partial charge in [-0.1, -0.05) is 48.0 Å². The summed E-state index contributed by atoms with van der Waals surface area (Å²) in [5, 5.41) is 7.00. The van der Waals surface area contributed by atoms with Crippen LogP contribution in [0.15, 0.2) is 60.9 Å². The van der Waals surface area contributed by atoms with Gasteiger partial charge in [0.1, 0.15) is 0 Å². The number of nitrogens with zero attached hydrogens (tertiary/aromatic N) is 6. The molecule has 4 aromatic rings. The number of anilines is 3. The number of piperazine rings is 1. The minimum Gasteiger partial charge on any atom is -0.376 e. The maximum atomic E-state index is 12.8. The van der Waals surface area contributed by atoms with Gasteiger partial charge in [-0.15, -0.1) is 0 Å². The summed E-state index contributed by atoms with van der Waals surface area (Å²) in [6, 6.07) is 17.3. The first-order valence-electron chi connectivity index (χ1n) is 13.3. The Morgan fingerprint density at radius 3 is 2.67 bits per heavy atom. The van der Waals surface area contributed by atoms with E-state index in [1.165, 1.54) is 5.56 Å². The monoisotopic (exact) mass is 546 g/mol. The molecule has 2 N–H and O–H groups in total. The first-order chi connectivity index (χ1) is 19.1. The lowest BCUT2D eigenvalue weighted by molar-refractivity contribution is 0.120. The number of aromatic nitrogens is 4. The lowest BCUT2D eigenvalue weighted by atomic mass is 10.2. The van der Waals surface area contributed by atoms with Crippen LogP contribution in [0.2, 0.25) is 5.02 Å². The standard InChI is InChI=1S/C28H31ClN8O2/c29-21-8-4-9-22(16-21)32-28(38)36-13-11-35(12-14-36)27-33-25(30-17-23-10-5-15-39-23)24-26(34-27)37(19-31-24)18-20-6-2-1-3-7-20/h1-4,6-9,16,19,23H,5,10-15,17-18H2,(H,32,38)(H,30,33,34). The highest BCUT2D eigenvalue weighted by atomic mass is 35.5. The number of ether oxygens (including phenoxy) is 1. The van der Waals surface area contributed by atoms with Crippen LogP contribution >= 0.6 is 11.6 Å². The molecule has 0 spiro atoms. The van der Waals surface area contributed by atoms with E-state index in [-0.39, 0.29) is 12.1 Å². The number of imidazole rings is 1. The van der Waals surface area contributed by atoms with Gasteiger partial charge in [0.2, 0.25) is 5.95 Å². The van der Waals surface area contributed by atoms with Crippen LogP contribution < -0.4 is 15.5 Å². The number of halogens is 1. The Hall–Kier alpha value is -3.89. The van der Waals surface area contributed by atoms with E-state index in [2.05, 4.69) is 37.2 Å². The highest BCUT2D eigenvalue weighted by molar-refractivity contribution is 6.30. The first-order valence-corrected chi connectivity index (χ1v) is 13.7. The van der Waals surface area contributed by atoms with Crippen molar-refractivity contribution in [1.29, 1.82) is 0 Å². The van der Waals surface area contributed by atoms with E-state index >= 15 is 0 Å². The number of hydrogen-bond acceptors (Lipinski definition) is 7. The van der Waals surface area contributed by atoms with Gasteiger partial charge in [0, 0.05) is 50.0 Å². The molecule has 1 atom stereocenters. The second-order valence-corrected chi connectivity index (χ2v) is 10.3. The molecule has 39 heavy (non-hydrogen) atoms. The predicted octanol–water partition coefficient (Wildman–Crippen LogP) is 4.47. The van der Waals surface area contributed by atoms with Crippen LogP contribution in [0.5, 0.6) is 0 Å². The van der Waals surface area contributed by atoms with Crippen molar-refractivity contribution < 1.29 is 9.53 Å². The summed E-state index contributed by atoms with van der Waals surface area (Å²) < 4.78 is 7.87.